The largest absolute Gasteiger partial charge is 0.457 e. The van der Waals surface area contributed by atoms with Gasteiger partial charge in [-0.25, -0.2) is 0 Å². The summed E-state index contributed by atoms with van der Waals surface area (Å²) in [4.78, 5) is 0. The van der Waals surface area contributed by atoms with Crippen molar-refractivity contribution < 1.29 is 4.74 Å². The van der Waals surface area contributed by atoms with Gasteiger partial charge in [-0.3, -0.25) is 0 Å². The summed E-state index contributed by atoms with van der Waals surface area (Å²) in [6.07, 6.45) is 4.70. The Balaban J connectivity index is 1.79. The molecule has 1 N–H and O–H groups in total. The number of alkyl halides is 1. The number of rotatable bonds is 9. The van der Waals surface area contributed by atoms with Crippen LogP contribution in [-0.2, 0) is 0 Å². The third-order valence-electron chi connectivity index (χ3n) is 3.52. The van der Waals surface area contributed by atoms with Gasteiger partial charge in [-0.2, -0.15) is 0 Å². The molecule has 2 aromatic carbocycles. The first kappa shape index (κ1) is 16.7. The maximum Gasteiger partial charge on any atom is 0.127 e. The number of hydrogen-bond acceptors (Lipinski definition) is 2. The highest BCUT2D eigenvalue weighted by Crippen LogP contribution is 2.23. The maximum absolute atomic E-state index is 5.79. The predicted octanol–water partition coefficient (Wildman–Crippen LogP) is 6.08. The zero-order chi connectivity index (χ0) is 15.6. The van der Waals surface area contributed by atoms with Crippen LogP contribution in [0.1, 0.15) is 32.6 Å². The lowest BCUT2D eigenvalue weighted by atomic mass is 10.1. The van der Waals surface area contributed by atoms with Gasteiger partial charge in [0.25, 0.3) is 0 Å². The van der Waals surface area contributed by atoms with Crippen molar-refractivity contribution in [1.82, 2.24) is 0 Å². The third kappa shape index (κ3) is 5.98. The molecule has 0 aliphatic rings. The lowest BCUT2D eigenvalue weighted by Gasteiger charge is -2.15. The summed E-state index contributed by atoms with van der Waals surface area (Å²) in [7, 11) is 0. The molecule has 0 saturated carbocycles. The Hall–Kier alpha value is -1.67. The van der Waals surface area contributed by atoms with E-state index in [9.17, 15) is 0 Å². The van der Waals surface area contributed by atoms with E-state index in [-0.39, 0.29) is 0 Å². The molecule has 1 atom stereocenters. The Bertz CT molecular complexity index is 527. The molecule has 0 saturated heterocycles. The van der Waals surface area contributed by atoms with E-state index in [4.69, 9.17) is 16.3 Å². The maximum atomic E-state index is 5.79. The fourth-order valence-electron chi connectivity index (χ4n) is 2.32. The average molecular weight is 318 g/mol. The van der Waals surface area contributed by atoms with Crippen LogP contribution in [0.25, 0.3) is 0 Å². The molecule has 0 heterocycles. The Kier molecular flexibility index (Phi) is 7.11. The second kappa shape index (κ2) is 9.37. The highest BCUT2D eigenvalue weighted by Gasteiger charge is 2.03. The van der Waals surface area contributed by atoms with E-state index >= 15 is 0 Å². The van der Waals surface area contributed by atoms with Crippen molar-refractivity contribution in [2.75, 3.05) is 11.2 Å². The third-order valence-corrected chi connectivity index (χ3v) is 3.78. The van der Waals surface area contributed by atoms with Gasteiger partial charge in [-0.05, 0) is 56.2 Å². The summed E-state index contributed by atoms with van der Waals surface area (Å²) < 4.78 is 5.79. The molecule has 118 valence electrons. The lowest BCUT2D eigenvalue weighted by molar-refractivity contribution is 0.482. The molecule has 0 fully saturated rings. The normalized spacial score (nSPS) is 11.9. The molecule has 2 aromatic rings. The summed E-state index contributed by atoms with van der Waals surface area (Å²) in [5, 5.41) is 3.52. The number of benzene rings is 2. The van der Waals surface area contributed by atoms with E-state index in [2.05, 4.69) is 24.4 Å². The van der Waals surface area contributed by atoms with Gasteiger partial charge in [-0.1, -0.05) is 31.0 Å². The zero-order valence-corrected chi connectivity index (χ0v) is 13.9. The fraction of sp³-hybridized carbons (Fsp3) is 0.368. The van der Waals surface area contributed by atoms with Crippen molar-refractivity contribution in [1.29, 1.82) is 0 Å². The van der Waals surface area contributed by atoms with E-state index in [0.29, 0.717) is 6.04 Å². The topological polar surface area (TPSA) is 21.3 Å². The second-order valence-electron chi connectivity index (χ2n) is 5.52. The second-order valence-corrected chi connectivity index (χ2v) is 5.90. The van der Waals surface area contributed by atoms with Gasteiger partial charge in [-0.15, -0.1) is 11.6 Å². The molecule has 0 aliphatic heterocycles. The molecule has 22 heavy (non-hydrogen) atoms. The number of para-hydroxylation sites is 1. The average Bonchev–Trinajstić information content (AvgIpc) is 2.54. The summed E-state index contributed by atoms with van der Waals surface area (Å²) in [6, 6.07) is 18.4. The van der Waals surface area contributed by atoms with Crippen LogP contribution in [0.2, 0.25) is 0 Å². The smallest absolute Gasteiger partial charge is 0.127 e. The first-order valence-corrected chi connectivity index (χ1v) is 8.47. The van der Waals surface area contributed by atoms with Crippen LogP contribution in [0.3, 0.4) is 0 Å². The monoisotopic (exact) mass is 317 g/mol. The number of unbranched alkanes of at least 4 members (excludes halogenated alkanes) is 2. The molecule has 3 heteroatoms. The number of anilines is 1. The molecular weight excluding hydrogens is 294 g/mol. The number of halogens is 1. The zero-order valence-electron chi connectivity index (χ0n) is 13.1. The molecule has 0 aliphatic carbocycles. The van der Waals surface area contributed by atoms with Gasteiger partial charge in [0.15, 0.2) is 0 Å². The SMILES string of the molecule is CC(CCCCCCl)Nc1ccc(Oc2ccccc2)cc1. The first-order chi connectivity index (χ1) is 10.8. The number of ether oxygens (including phenoxy) is 1. The van der Waals surface area contributed by atoms with Crippen molar-refractivity contribution in [2.45, 2.75) is 38.6 Å². The van der Waals surface area contributed by atoms with Crippen LogP contribution in [0.4, 0.5) is 5.69 Å². The van der Waals surface area contributed by atoms with Crippen molar-refractivity contribution in [2.24, 2.45) is 0 Å². The van der Waals surface area contributed by atoms with E-state index in [1.54, 1.807) is 0 Å². The van der Waals surface area contributed by atoms with Crippen LogP contribution in [-0.4, -0.2) is 11.9 Å². The Morgan fingerprint density at radius 2 is 1.59 bits per heavy atom. The Labute approximate surface area is 138 Å². The van der Waals surface area contributed by atoms with Crippen molar-refractivity contribution in [3.63, 3.8) is 0 Å². The van der Waals surface area contributed by atoms with Crippen molar-refractivity contribution in [3.05, 3.63) is 54.6 Å². The quantitative estimate of drug-likeness (QED) is 0.447. The van der Waals surface area contributed by atoms with Crippen molar-refractivity contribution in [3.8, 4) is 11.5 Å². The number of hydrogen-bond donors (Lipinski definition) is 1. The molecule has 0 spiro atoms. The molecule has 1 unspecified atom stereocenters. The summed E-state index contributed by atoms with van der Waals surface area (Å²) in [5.74, 6) is 2.48. The van der Waals surface area contributed by atoms with Crippen LogP contribution >= 0.6 is 11.6 Å². The number of nitrogens with one attached hydrogen (secondary N) is 1. The summed E-state index contributed by atoms with van der Waals surface area (Å²) >= 11 is 5.69. The summed E-state index contributed by atoms with van der Waals surface area (Å²) in [5.41, 5.74) is 1.13. The molecule has 2 rings (SSSR count). The Morgan fingerprint density at radius 3 is 2.27 bits per heavy atom. The molecular formula is C19H24ClNO. The van der Waals surface area contributed by atoms with Crippen LogP contribution in [0.15, 0.2) is 54.6 Å². The van der Waals surface area contributed by atoms with Gasteiger partial charge in [0.05, 0.1) is 0 Å². The van der Waals surface area contributed by atoms with Gasteiger partial charge in [0.1, 0.15) is 11.5 Å². The highest BCUT2D eigenvalue weighted by atomic mass is 35.5. The minimum absolute atomic E-state index is 0.469. The van der Waals surface area contributed by atoms with Crippen LogP contribution in [0, 0.1) is 0 Å². The molecule has 2 nitrogen and oxygen atoms in total. The lowest BCUT2D eigenvalue weighted by Crippen LogP contribution is -2.14. The van der Waals surface area contributed by atoms with Crippen molar-refractivity contribution >= 4 is 17.3 Å². The predicted molar refractivity (Wildman–Crippen MR) is 95.2 cm³/mol. The molecule has 0 bridgehead atoms. The van der Waals surface area contributed by atoms with Gasteiger partial charge >= 0.3 is 0 Å². The van der Waals surface area contributed by atoms with E-state index in [0.717, 1.165) is 29.5 Å². The highest BCUT2D eigenvalue weighted by molar-refractivity contribution is 6.17. The van der Waals surface area contributed by atoms with E-state index in [1.807, 2.05) is 42.5 Å². The minimum atomic E-state index is 0.469. The molecule has 0 amide bonds. The standard InChI is InChI=1S/C19H24ClNO/c1-16(8-4-3-7-15-20)21-17-11-13-19(14-12-17)22-18-9-5-2-6-10-18/h2,5-6,9-14,16,21H,3-4,7-8,15H2,1H3. The molecule has 0 radical (unpaired) electrons. The van der Waals surface area contributed by atoms with Gasteiger partial charge < -0.3 is 10.1 Å². The fourth-order valence-corrected chi connectivity index (χ4v) is 2.51. The van der Waals surface area contributed by atoms with Crippen LogP contribution < -0.4 is 10.1 Å². The van der Waals surface area contributed by atoms with Gasteiger partial charge in [0.2, 0.25) is 0 Å². The summed E-state index contributed by atoms with van der Waals surface area (Å²) in [6.45, 7) is 2.22. The van der Waals surface area contributed by atoms with E-state index in [1.165, 1.54) is 19.3 Å². The van der Waals surface area contributed by atoms with Crippen LogP contribution in [0.5, 0.6) is 11.5 Å². The Morgan fingerprint density at radius 1 is 0.909 bits per heavy atom. The first-order valence-electron chi connectivity index (χ1n) is 7.93. The molecule has 0 aromatic heterocycles. The minimum Gasteiger partial charge on any atom is -0.457 e. The van der Waals surface area contributed by atoms with Gasteiger partial charge in [0, 0.05) is 17.6 Å². The van der Waals surface area contributed by atoms with E-state index < -0.39 is 0 Å².